The van der Waals surface area contributed by atoms with Gasteiger partial charge in [-0.3, -0.25) is 9.69 Å². The van der Waals surface area contributed by atoms with Gasteiger partial charge in [-0.05, 0) is 51.4 Å². The maximum absolute atomic E-state index is 13.2. The Morgan fingerprint density at radius 2 is 1.76 bits per heavy atom. The van der Waals surface area contributed by atoms with E-state index in [-0.39, 0.29) is 11.9 Å². The molecule has 2 fully saturated rings. The van der Waals surface area contributed by atoms with E-state index < -0.39 is 0 Å². The van der Waals surface area contributed by atoms with Gasteiger partial charge >= 0.3 is 0 Å². The second-order valence-corrected chi connectivity index (χ2v) is 7.62. The number of fused-ring (bicyclic) bond motifs is 2. The maximum Gasteiger partial charge on any atom is 0.242 e. The third kappa shape index (κ3) is 4.06. The Kier molecular flexibility index (Phi) is 6.13. The first-order valence-electron chi connectivity index (χ1n) is 9.95. The Morgan fingerprint density at radius 1 is 1.16 bits per heavy atom. The van der Waals surface area contributed by atoms with Crippen LogP contribution in [0.1, 0.15) is 57.6 Å². The molecule has 2 heterocycles. The van der Waals surface area contributed by atoms with Crippen LogP contribution in [0.3, 0.4) is 0 Å². The molecule has 1 aromatic rings. The summed E-state index contributed by atoms with van der Waals surface area (Å²) in [6, 6.07) is 11.6. The lowest BCUT2D eigenvalue weighted by Gasteiger charge is -2.47. The molecule has 0 radical (unpaired) electrons. The SMILES string of the molecule is CCN(CC)C(C(=O)NC1CC2CCCC(C1)N2C)c1ccccc1. The van der Waals surface area contributed by atoms with E-state index in [2.05, 4.69) is 48.1 Å². The molecule has 2 saturated heterocycles. The zero-order valence-corrected chi connectivity index (χ0v) is 15.9. The molecule has 3 unspecified atom stereocenters. The first-order chi connectivity index (χ1) is 12.1. The van der Waals surface area contributed by atoms with Gasteiger partial charge in [-0.1, -0.05) is 50.6 Å². The zero-order chi connectivity index (χ0) is 17.8. The van der Waals surface area contributed by atoms with Gasteiger partial charge in [-0.2, -0.15) is 0 Å². The van der Waals surface area contributed by atoms with E-state index in [9.17, 15) is 4.79 Å². The normalized spacial score (nSPS) is 27.9. The molecule has 25 heavy (non-hydrogen) atoms. The number of rotatable bonds is 6. The minimum Gasteiger partial charge on any atom is -0.352 e. The highest BCUT2D eigenvalue weighted by molar-refractivity contribution is 5.83. The van der Waals surface area contributed by atoms with Crippen molar-refractivity contribution in [2.75, 3.05) is 20.1 Å². The number of carbonyl (C=O) groups is 1. The molecule has 0 saturated carbocycles. The topological polar surface area (TPSA) is 35.6 Å². The van der Waals surface area contributed by atoms with Crippen LogP contribution in [-0.4, -0.2) is 54.0 Å². The van der Waals surface area contributed by atoms with E-state index in [1.54, 1.807) is 0 Å². The molecular formula is C21H33N3O. The van der Waals surface area contributed by atoms with Crippen LogP contribution in [0.2, 0.25) is 0 Å². The fourth-order valence-electron chi connectivity index (χ4n) is 4.77. The van der Waals surface area contributed by atoms with Gasteiger partial charge in [0.2, 0.25) is 5.91 Å². The summed E-state index contributed by atoms with van der Waals surface area (Å²) in [7, 11) is 2.26. The molecule has 0 aromatic heterocycles. The molecule has 2 aliphatic heterocycles. The highest BCUT2D eigenvalue weighted by Crippen LogP contribution is 2.33. The summed E-state index contributed by atoms with van der Waals surface area (Å²) >= 11 is 0. The first kappa shape index (κ1) is 18.4. The number of nitrogens with zero attached hydrogens (tertiary/aromatic N) is 2. The van der Waals surface area contributed by atoms with E-state index in [0.717, 1.165) is 31.5 Å². The number of likely N-dealkylation sites (N-methyl/N-ethyl adjacent to an activating group) is 1. The van der Waals surface area contributed by atoms with Crippen molar-refractivity contribution in [2.24, 2.45) is 0 Å². The smallest absolute Gasteiger partial charge is 0.242 e. The average Bonchev–Trinajstić information content (AvgIpc) is 2.61. The molecule has 3 rings (SSSR count). The Bertz CT molecular complexity index is 544. The van der Waals surface area contributed by atoms with Crippen LogP contribution in [0, 0.1) is 0 Å². The lowest BCUT2D eigenvalue weighted by atomic mass is 9.82. The highest BCUT2D eigenvalue weighted by Gasteiger charge is 2.37. The molecule has 1 aromatic carbocycles. The van der Waals surface area contributed by atoms with Crippen molar-refractivity contribution in [1.29, 1.82) is 0 Å². The van der Waals surface area contributed by atoms with Gasteiger partial charge in [0.15, 0.2) is 0 Å². The summed E-state index contributed by atoms with van der Waals surface area (Å²) < 4.78 is 0. The molecule has 4 nitrogen and oxygen atoms in total. The lowest BCUT2D eigenvalue weighted by Crippen LogP contribution is -2.56. The van der Waals surface area contributed by atoms with Gasteiger partial charge in [-0.15, -0.1) is 0 Å². The first-order valence-corrected chi connectivity index (χ1v) is 9.95. The Morgan fingerprint density at radius 3 is 2.32 bits per heavy atom. The van der Waals surface area contributed by atoms with Crippen molar-refractivity contribution < 1.29 is 4.79 Å². The molecule has 2 aliphatic rings. The molecule has 1 amide bonds. The summed E-state index contributed by atoms with van der Waals surface area (Å²) in [5.41, 5.74) is 1.09. The molecule has 138 valence electrons. The van der Waals surface area contributed by atoms with Gasteiger partial charge in [0.25, 0.3) is 0 Å². The van der Waals surface area contributed by atoms with Crippen LogP contribution >= 0.6 is 0 Å². The maximum atomic E-state index is 13.2. The van der Waals surface area contributed by atoms with Crippen LogP contribution in [0.4, 0.5) is 0 Å². The standard InChI is InChI=1S/C21H33N3O/c1-4-24(5-2)20(16-10-7-6-8-11-16)21(25)22-17-14-18-12-9-13-19(15-17)23(18)3/h6-8,10-11,17-20H,4-5,9,12-15H2,1-3H3,(H,22,25). The van der Waals surface area contributed by atoms with Gasteiger partial charge in [0, 0.05) is 18.1 Å². The van der Waals surface area contributed by atoms with Crippen molar-refractivity contribution in [1.82, 2.24) is 15.1 Å². The van der Waals surface area contributed by atoms with Crippen molar-refractivity contribution in [3.05, 3.63) is 35.9 Å². The number of benzene rings is 1. The Labute approximate surface area is 152 Å². The van der Waals surface area contributed by atoms with E-state index in [1.807, 2.05) is 18.2 Å². The average molecular weight is 344 g/mol. The van der Waals surface area contributed by atoms with Crippen molar-refractivity contribution >= 4 is 5.91 Å². The minimum atomic E-state index is -0.185. The van der Waals surface area contributed by atoms with Crippen LogP contribution in [-0.2, 0) is 4.79 Å². The van der Waals surface area contributed by atoms with Gasteiger partial charge < -0.3 is 10.2 Å². The van der Waals surface area contributed by atoms with Crippen LogP contribution in [0.15, 0.2) is 30.3 Å². The Balaban J connectivity index is 1.72. The van der Waals surface area contributed by atoms with Gasteiger partial charge in [-0.25, -0.2) is 0 Å². The van der Waals surface area contributed by atoms with E-state index >= 15 is 0 Å². The molecular weight excluding hydrogens is 310 g/mol. The van der Waals surface area contributed by atoms with Gasteiger partial charge in [0.1, 0.15) is 6.04 Å². The van der Waals surface area contributed by atoms with Crippen LogP contribution < -0.4 is 5.32 Å². The quantitative estimate of drug-likeness (QED) is 0.861. The third-order valence-electron chi connectivity index (χ3n) is 6.23. The summed E-state index contributed by atoms with van der Waals surface area (Å²) in [5.74, 6) is 0.169. The number of piperidine rings is 2. The predicted molar refractivity (Wildman–Crippen MR) is 102 cm³/mol. The summed E-state index contributed by atoms with van der Waals surface area (Å²) in [6.45, 7) is 6.02. The number of hydrogen-bond donors (Lipinski definition) is 1. The molecule has 4 heteroatoms. The van der Waals surface area contributed by atoms with E-state index in [1.165, 1.54) is 19.3 Å². The van der Waals surface area contributed by atoms with Crippen LogP contribution in [0.25, 0.3) is 0 Å². The second-order valence-electron chi connectivity index (χ2n) is 7.62. The van der Waals surface area contributed by atoms with Crippen molar-refractivity contribution in [3.8, 4) is 0 Å². The zero-order valence-electron chi connectivity index (χ0n) is 15.9. The fraction of sp³-hybridized carbons (Fsp3) is 0.667. The largest absolute Gasteiger partial charge is 0.352 e. The highest BCUT2D eigenvalue weighted by atomic mass is 16.2. The monoisotopic (exact) mass is 343 g/mol. The number of carbonyl (C=O) groups excluding carboxylic acids is 1. The molecule has 3 atom stereocenters. The van der Waals surface area contributed by atoms with E-state index in [0.29, 0.717) is 18.1 Å². The minimum absolute atomic E-state index is 0.169. The summed E-state index contributed by atoms with van der Waals surface area (Å²) in [5, 5.41) is 3.41. The molecule has 0 spiro atoms. The third-order valence-corrected chi connectivity index (χ3v) is 6.23. The van der Waals surface area contributed by atoms with E-state index in [4.69, 9.17) is 0 Å². The predicted octanol–water partition coefficient (Wildman–Crippen LogP) is 3.20. The summed E-state index contributed by atoms with van der Waals surface area (Å²) in [4.78, 5) is 18.0. The number of amides is 1. The van der Waals surface area contributed by atoms with Gasteiger partial charge in [0.05, 0.1) is 0 Å². The van der Waals surface area contributed by atoms with Crippen molar-refractivity contribution in [2.45, 2.75) is 70.1 Å². The molecule has 2 bridgehead atoms. The fourth-order valence-corrected chi connectivity index (χ4v) is 4.77. The molecule has 0 aliphatic carbocycles. The van der Waals surface area contributed by atoms with Crippen molar-refractivity contribution in [3.63, 3.8) is 0 Å². The number of nitrogens with one attached hydrogen (secondary N) is 1. The second kappa shape index (κ2) is 8.33. The lowest BCUT2D eigenvalue weighted by molar-refractivity contribution is -0.128. The Hall–Kier alpha value is -1.39. The van der Waals surface area contributed by atoms with Crippen LogP contribution in [0.5, 0.6) is 0 Å². The number of hydrogen-bond acceptors (Lipinski definition) is 3. The summed E-state index contributed by atoms with van der Waals surface area (Å²) in [6.07, 6.45) is 6.08. The molecule has 1 N–H and O–H groups in total.